The highest BCUT2D eigenvalue weighted by atomic mass is 16.7. The monoisotopic (exact) mass is 1020 g/mol. The van der Waals surface area contributed by atoms with Gasteiger partial charge >= 0.3 is 5.97 Å². The highest BCUT2D eigenvalue weighted by Gasteiger charge is 2.73. The molecule has 18 atom stereocenters. The molecule has 0 amide bonds. The van der Waals surface area contributed by atoms with E-state index in [1.54, 1.807) is 0 Å². The number of carboxylic acids is 1. The molecule has 3 saturated heterocycles. The molecule has 14 rings (SSSR count). The molecule has 2 aromatic rings. The third-order valence-corrected chi connectivity index (χ3v) is 24.3. The van der Waals surface area contributed by atoms with E-state index < -0.39 is 65.7 Å². The topological polar surface area (TPSA) is 213 Å². The minimum atomic E-state index is -1.78. The Morgan fingerprint density at radius 1 is 0.878 bits per heavy atom. The van der Waals surface area contributed by atoms with Gasteiger partial charge in [-0.3, -0.25) is 4.79 Å². The Morgan fingerprint density at radius 2 is 1.70 bits per heavy atom. The van der Waals surface area contributed by atoms with Crippen molar-refractivity contribution in [3.8, 4) is 17.2 Å². The van der Waals surface area contributed by atoms with Crippen molar-refractivity contribution in [3.63, 3.8) is 0 Å². The van der Waals surface area contributed by atoms with Crippen LogP contribution in [0, 0.1) is 69.5 Å². The van der Waals surface area contributed by atoms with E-state index in [4.69, 9.17) is 18.9 Å². The normalized spacial score (nSPS) is 46.5. The first kappa shape index (κ1) is 48.8. The number of hydrogen-bond donors (Lipinski definition) is 7. The third kappa shape index (κ3) is 6.41. The Hall–Kier alpha value is -3.56. The van der Waals surface area contributed by atoms with Crippen LogP contribution in [0.5, 0.6) is 17.2 Å². The fourth-order valence-electron chi connectivity index (χ4n) is 21.8. The molecule has 7 saturated carbocycles. The van der Waals surface area contributed by atoms with Crippen molar-refractivity contribution >= 4 is 22.5 Å². The molecule has 13 nitrogen and oxygen atoms in total. The average molecular weight is 1020 g/mol. The highest BCUT2D eigenvalue weighted by Crippen LogP contribution is 2.81. The van der Waals surface area contributed by atoms with E-state index in [0.29, 0.717) is 54.5 Å². The molecule has 2 aromatic carbocycles. The number of aromatic hydroxyl groups is 2. The Morgan fingerprint density at radius 3 is 2.51 bits per heavy atom. The van der Waals surface area contributed by atoms with E-state index in [9.17, 15) is 45.3 Å². The summed E-state index contributed by atoms with van der Waals surface area (Å²) >= 11 is 0. The van der Waals surface area contributed by atoms with Gasteiger partial charge in [-0.1, -0.05) is 18.9 Å². The summed E-state index contributed by atoms with van der Waals surface area (Å²) in [5.41, 5.74) is 3.08. The minimum absolute atomic E-state index is 0.0647. The van der Waals surface area contributed by atoms with Gasteiger partial charge in [0.2, 0.25) is 6.29 Å². The molecule has 400 valence electrons. The highest BCUT2D eigenvalue weighted by molar-refractivity contribution is 6.11. The number of ketones is 1. The van der Waals surface area contributed by atoms with Crippen LogP contribution in [0.15, 0.2) is 34.9 Å². The number of aromatic carboxylic acids is 1. The summed E-state index contributed by atoms with van der Waals surface area (Å²) < 4.78 is 27.5. The number of phenols is 2. The number of fused-ring (bicyclic) bond motifs is 5. The van der Waals surface area contributed by atoms with E-state index >= 15 is 0 Å². The van der Waals surface area contributed by atoms with Crippen molar-refractivity contribution in [2.75, 3.05) is 19.8 Å². The number of benzene rings is 2. The van der Waals surface area contributed by atoms with Gasteiger partial charge in [-0.25, -0.2) is 4.79 Å². The second-order valence-corrected chi connectivity index (χ2v) is 27.0. The molecule has 74 heavy (non-hydrogen) atoms. The molecule has 0 aromatic heterocycles. The fourth-order valence-corrected chi connectivity index (χ4v) is 21.8. The zero-order chi connectivity index (χ0) is 51.1. The molecular formula is C61H78O13. The van der Waals surface area contributed by atoms with Gasteiger partial charge in [0.1, 0.15) is 41.2 Å². The van der Waals surface area contributed by atoms with Crippen molar-refractivity contribution in [2.45, 2.75) is 198 Å². The first-order chi connectivity index (χ1) is 35.5. The summed E-state index contributed by atoms with van der Waals surface area (Å²) in [6, 6.07) is 2.32. The molecule has 5 spiro atoms. The van der Waals surface area contributed by atoms with Crippen LogP contribution in [0.1, 0.15) is 174 Å². The van der Waals surface area contributed by atoms with E-state index in [0.717, 1.165) is 43.8 Å². The van der Waals surface area contributed by atoms with Crippen LogP contribution in [0.25, 0.3) is 10.8 Å². The van der Waals surface area contributed by atoms with E-state index in [2.05, 4.69) is 6.08 Å². The molecule has 4 aliphatic heterocycles. The molecule has 0 radical (unpaired) electrons. The number of rotatable bonds is 7. The van der Waals surface area contributed by atoms with Crippen molar-refractivity contribution in [2.24, 2.45) is 62.6 Å². The summed E-state index contributed by atoms with van der Waals surface area (Å²) in [5, 5.41) is 81.5. The molecule has 4 bridgehead atoms. The zero-order valence-electron chi connectivity index (χ0n) is 43.4. The van der Waals surface area contributed by atoms with Gasteiger partial charge in [0.15, 0.2) is 5.78 Å². The number of hydrogen-bond acceptors (Lipinski definition) is 12. The summed E-state index contributed by atoms with van der Waals surface area (Å²) in [4.78, 5) is 25.4. The SMILES string of the molecule is CC(=O)c1c(C)c(O)c2cc(C(=O)O)cc(OC3OC4C(O)CCC5OC4(CC4C6=C5CC=C6C5(CCCO)COCC6CC7(CCC8(CCC9CCCC%10CCCC%10%11CCC98C%11)C7)CC4C65)C(O)C3O)c2c1O. The number of carboxylic acid groups (broad SMARTS) is 1. The Labute approximate surface area is 434 Å². The van der Waals surface area contributed by atoms with Gasteiger partial charge in [0.25, 0.3) is 0 Å². The Bertz CT molecular complexity index is 2780. The number of carbonyl (C=O) groups excluding carboxylic acids is 1. The van der Waals surface area contributed by atoms with Crippen LogP contribution in [0.3, 0.4) is 0 Å². The number of aliphatic hydroxyl groups is 4. The summed E-state index contributed by atoms with van der Waals surface area (Å²) in [6.45, 7) is 4.14. The zero-order valence-corrected chi connectivity index (χ0v) is 43.4. The second kappa shape index (κ2) is 16.7. The molecule has 12 aliphatic rings. The van der Waals surface area contributed by atoms with Gasteiger partial charge in [-0.05, 0) is 228 Å². The smallest absolute Gasteiger partial charge is 0.335 e. The summed E-state index contributed by atoms with van der Waals surface area (Å²) in [5.74, 6) is -0.650. The quantitative estimate of drug-likeness (QED) is 0.102. The van der Waals surface area contributed by atoms with Gasteiger partial charge in [-0.15, -0.1) is 0 Å². The predicted octanol–water partition coefficient (Wildman–Crippen LogP) is 9.36. The first-order valence-corrected chi connectivity index (χ1v) is 29.0. The minimum Gasteiger partial charge on any atom is -0.507 e. The number of ether oxygens (including phenoxy) is 4. The number of phenolic OH excluding ortho intramolecular Hbond substituents is 2. The number of aliphatic hydroxyl groups excluding tert-OH is 4. The van der Waals surface area contributed by atoms with Gasteiger partial charge in [-0.2, -0.15) is 0 Å². The van der Waals surface area contributed by atoms with E-state index in [1.165, 1.54) is 127 Å². The molecule has 7 N–H and O–H groups in total. The molecule has 18 unspecified atom stereocenters. The average Bonchev–Trinajstić information content (AvgIpc) is 4.21. The predicted molar refractivity (Wildman–Crippen MR) is 272 cm³/mol. The number of allylic oxidation sites excluding steroid dienone is 2. The standard InChI is InChI=1S/C61H78O13/c1-31-45(32(2)63)50(66)47-38(49(31)65)22-33(54(69)70)23-44(47)72-55-51(67)52(68)61-26-39-40-25-56(17-19-58(28-56)16-13-36-7-3-6-35-8-4-14-57(35)18-20-60(36,58)29-57)24-34-27-71-30-59(48(34)40,15-5-21-62)41-10-9-37(46(39)41)43(74-61)12-11-42(64)53(61)73-55/h10,22-23,34-36,39-40,42-43,48,51-53,55,62,64-68H,3-9,11-21,24-30H2,1-2H3,(H,69,70). The number of carbonyl (C=O) groups is 2. The maximum absolute atomic E-state index is 13.1. The molecule has 13 heteroatoms. The van der Waals surface area contributed by atoms with Crippen LogP contribution in [-0.2, 0) is 14.2 Å². The van der Waals surface area contributed by atoms with Crippen LogP contribution < -0.4 is 4.74 Å². The van der Waals surface area contributed by atoms with E-state index in [-0.39, 0.29) is 74.8 Å². The summed E-state index contributed by atoms with van der Waals surface area (Å²) in [6.07, 6.45) is 19.4. The molecule has 8 aliphatic carbocycles. The lowest BCUT2D eigenvalue weighted by molar-refractivity contribution is -0.336. The van der Waals surface area contributed by atoms with Crippen LogP contribution in [-0.4, -0.2) is 110 Å². The molecular weight excluding hydrogens is 941 g/mol. The molecule has 4 heterocycles. The third-order valence-electron chi connectivity index (χ3n) is 24.3. The van der Waals surface area contributed by atoms with E-state index in [1.807, 2.05) is 0 Å². The van der Waals surface area contributed by atoms with Crippen LogP contribution >= 0.6 is 0 Å². The summed E-state index contributed by atoms with van der Waals surface area (Å²) in [7, 11) is 0. The van der Waals surface area contributed by atoms with Crippen molar-refractivity contribution in [3.05, 3.63) is 51.6 Å². The fraction of sp³-hybridized carbons (Fsp3) is 0.738. The Kier molecular flexibility index (Phi) is 11.0. The largest absolute Gasteiger partial charge is 0.507 e. The second-order valence-electron chi connectivity index (χ2n) is 27.0. The van der Waals surface area contributed by atoms with Crippen molar-refractivity contribution < 1.29 is 64.3 Å². The van der Waals surface area contributed by atoms with Crippen LogP contribution in [0.2, 0.25) is 0 Å². The lowest BCUT2D eigenvalue weighted by atomic mass is 9.42. The maximum Gasteiger partial charge on any atom is 0.335 e. The van der Waals surface area contributed by atoms with Crippen molar-refractivity contribution in [1.82, 2.24) is 0 Å². The lowest BCUT2D eigenvalue weighted by Crippen LogP contribution is -2.71. The van der Waals surface area contributed by atoms with Crippen molar-refractivity contribution in [1.29, 1.82) is 0 Å². The van der Waals surface area contributed by atoms with Gasteiger partial charge < -0.3 is 54.7 Å². The Balaban J connectivity index is 0.852. The van der Waals surface area contributed by atoms with Crippen LogP contribution in [0.4, 0.5) is 0 Å². The maximum atomic E-state index is 13.1. The van der Waals surface area contributed by atoms with Gasteiger partial charge in [0, 0.05) is 29.6 Å². The van der Waals surface area contributed by atoms with Gasteiger partial charge in [0.05, 0.1) is 35.3 Å². The lowest BCUT2D eigenvalue weighted by Gasteiger charge is -2.64. The number of Topliss-reactive ketones (excluding diaryl/α,β-unsaturated/α-hetero) is 1. The molecule has 10 fully saturated rings. The first-order valence-electron chi connectivity index (χ1n) is 29.0.